The lowest BCUT2D eigenvalue weighted by Crippen LogP contribution is -2.39. The van der Waals surface area contributed by atoms with Gasteiger partial charge >= 0.3 is 0 Å². The number of benzene rings is 1. The van der Waals surface area contributed by atoms with Gasteiger partial charge in [-0.25, -0.2) is 4.39 Å². The first-order chi connectivity index (χ1) is 11.2. The molecule has 120 valence electrons. The second kappa shape index (κ2) is 5.44. The highest BCUT2D eigenvalue weighted by atomic mass is 19.1. The van der Waals surface area contributed by atoms with Crippen molar-refractivity contribution in [2.24, 2.45) is 5.92 Å². The fourth-order valence-corrected chi connectivity index (χ4v) is 3.45. The molecule has 2 atom stereocenters. The Hall–Kier alpha value is -2.24. The summed E-state index contributed by atoms with van der Waals surface area (Å²) >= 11 is 0. The van der Waals surface area contributed by atoms with Crippen molar-refractivity contribution in [3.8, 4) is 0 Å². The Balaban J connectivity index is 1.44. The van der Waals surface area contributed by atoms with Gasteiger partial charge in [-0.1, -0.05) is 19.1 Å². The number of rotatable bonds is 3. The van der Waals surface area contributed by atoms with E-state index in [1.165, 1.54) is 12.1 Å². The smallest absolute Gasteiger partial charge is 0.226 e. The summed E-state index contributed by atoms with van der Waals surface area (Å²) in [7, 11) is 0. The van der Waals surface area contributed by atoms with Gasteiger partial charge in [0.25, 0.3) is 0 Å². The number of carbonyl (C=O) groups excluding carboxylic acids is 1. The highest BCUT2D eigenvalue weighted by Crippen LogP contribution is 2.48. The minimum absolute atomic E-state index is 0.0283. The average molecular weight is 314 g/mol. The second-order valence-corrected chi connectivity index (χ2v) is 6.30. The van der Waals surface area contributed by atoms with E-state index in [1.54, 1.807) is 12.1 Å². The topological polar surface area (TPSA) is 51.0 Å². The maximum Gasteiger partial charge on any atom is 0.226 e. The predicted octanol–water partition coefficient (Wildman–Crippen LogP) is 2.13. The van der Waals surface area contributed by atoms with Crippen molar-refractivity contribution in [3.63, 3.8) is 0 Å². The zero-order valence-electron chi connectivity index (χ0n) is 13.1. The van der Waals surface area contributed by atoms with Gasteiger partial charge in [0.1, 0.15) is 11.6 Å². The van der Waals surface area contributed by atoms with E-state index < -0.39 is 0 Å². The van der Waals surface area contributed by atoms with Crippen molar-refractivity contribution < 1.29 is 9.18 Å². The van der Waals surface area contributed by atoms with Gasteiger partial charge < -0.3 is 9.47 Å². The molecule has 1 aromatic heterocycles. The van der Waals surface area contributed by atoms with Gasteiger partial charge in [-0.2, -0.15) is 0 Å². The van der Waals surface area contributed by atoms with E-state index in [2.05, 4.69) is 21.7 Å². The number of hydrogen-bond donors (Lipinski definition) is 0. The van der Waals surface area contributed by atoms with E-state index in [0.29, 0.717) is 13.1 Å². The Bertz CT molecular complexity index is 740. The predicted molar refractivity (Wildman–Crippen MR) is 82.1 cm³/mol. The minimum atomic E-state index is -0.237. The molecule has 1 amide bonds. The van der Waals surface area contributed by atoms with Crippen LogP contribution in [0, 0.1) is 11.7 Å². The molecule has 1 fully saturated rings. The molecule has 1 aromatic carbocycles. The van der Waals surface area contributed by atoms with Crippen LogP contribution in [0.5, 0.6) is 0 Å². The Morgan fingerprint density at radius 1 is 1.26 bits per heavy atom. The quantitative estimate of drug-likeness (QED) is 0.872. The summed E-state index contributed by atoms with van der Waals surface area (Å²) in [6.45, 7) is 4.08. The van der Waals surface area contributed by atoms with Crippen LogP contribution in [0.2, 0.25) is 0 Å². The normalized spacial score (nSPS) is 22.8. The highest BCUT2D eigenvalue weighted by Gasteiger charge is 2.46. The molecular formula is C17H19FN4O. The Labute approximate surface area is 134 Å². The molecule has 1 saturated carbocycles. The van der Waals surface area contributed by atoms with Crippen LogP contribution < -0.4 is 0 Å². The average Bonchev–Trinajstić information content (AvgIpc) is 3.26. The van der Waals surface area contributed by atoms with Crippen LogP contribution in [0.4, 0.5) is 4.39 Å². The Kier molecular flexibility index (Phi) is 3.39. The van der Waals surface area contributed by atoms with Crippen LogP contribution in [0.1, 0.15) is 36.5 Å². The Morgan fingerprint density at radius 2 is 2.04 bits per heavy atom. The molecule has 0 unspecified atom stereocenters. The van der Waals surface area contributed by atoms with E-state index in [-0.39, 0.29) is 23.6 Å². The summed E-state index contributed by atoms with van der Waals surface area (Å²) in [4.78, 5) is 14.6. The van der Waals surface area contributed by atoms with Crippen molar-refractivity contribution in [2.45, 2.75) is 38.8 Å². The number of hydrogen-bond acceptors (Lipinski definition) is 3. The molecule has 23 heavy (non-hydrogen) atoms. The molecular weight excluding hydrogens is 295 g/mol. The molecule has 5 nitrogen and oxygen atoms in total. The van der Waals surface area contributed by atoms with Gasteiger partial charge in [-0.05, 0) is 30.0 Å². The molecule has 2 aromatic rings. The maximum absolute atomic E-state index is 13.0. The van der Waals surface area contributed by atoms with Crippen molar-refractivity contribution in [3.05, 3.63) is 47.3 Å². The van der Waals surface area contributed by atoms with Crippen LogP contribution in [0.15, 0.2) is 24.3 Å². The van der Waals surface area contributed by atoms with E-state index >= 15 is 0 Å². The number of halogens is 1. The standard InChI is InChI=1S/C17H19FN4O/c1-2-15-19-20-16-10-21(7-8-22(15)16)17(23)14-9-13(14)11-3-5-12(18)6-4-11/h3-6,13-14H,2,7-10H2,1H3/t13-,14+/m1/s1. The maximum atomic E-state index is 13.0. The fraction of sp³-hybridized carbons (Fsp3) is 0.471. The molecule has 0 saturated heterocycles. The van der Waals surface area contributed by atoms with Gasteiger partial charge in [0.15, 0.2) is 5.82 Å². The Morgan fingerprint density at radius 3 is 2.78 bits per heavy atom. The van der Waals surface area contributed by atoms with E-state index in [1.807, 2.05) is 4.90 Å². The summed E-state index contributed by atoms with van der Waals surface area (Å²) in [5.74, 6) is 2.07. The molecule has 0 radical (unpaired) electrons. The van der Waals surface area contributed by atoms with Crippen LogP contribution in [0.25, 0.3) is 0 Å². The number of aryl methyl sites for hydroxylation is 1. The largest absolute Gasteiger partial charge is 0.333 e. The lowest BCUT2D eigenvalue weighted by Gasteiger charge is -2.28. The minimum Gasteiger partial charge on any atom is -0.333 e. The lowest BCUT2D eigenvalue weighted by molar-refractivity contribution is -0.134. The van der Waals surface area contributed by atoms with Gasteiger partial charge in [0.2, 0.25) is 5.91 Å². The summed E-state index contributed by atoms with van der Waals surface area (Å²) in [5, 5.41) is 8.39. The van der Waals surface area contributed by atoms with Gasteiger partial charge in [0, 0.05) is 25.4 Å². The molecule has 0 spiro atoms. The number of carbonyl (C=O) groups is 1. The van der Waals surface area contributed by atoms with Crippen LogP contribution in [-0.4, -0.2) is 32.1 Å². The van der Waals surface area contributed by atoms with Crippen molar-refractivity contribution in [1.29, 1.82) is 0 Å². The third-order valence-electron chi connectivity index (χ3n) is 4.86. The number of fused-ring (bicyclic) bond motifs is 1. The SMILES string of the molecule is CCc1nnc2n1CCN(C(=O)[C@H]1C[C@@H]1c1ccc(F)cc1)C2. The lowest BCUT2D eigenvalue weighted by atomic mass is 10.1. The van der Waals surface area contributed by atoms with E-state index in [9.17, 15) is 9.18 Å². The molecule has 1 aliphatic heterocycles. The van der Waals surface area contributed by atoms with E-state index in [4.69, 9.17) is 0 Å². The first kappa shape index (κ1) is 14.4. The molecule has 0 bridgehead atoms. The van der Waals surface area contributed by atoms with Crippen LogP contribution in [-0.2, 0) is 24.3 Å². The second-order valence-electron chi connectivity index (χ2n) is 6.30. The number of amides is 1. The molecule has 2 heterocycles. The summed E-state index contributed by atoms with van der Waals surface area (Å²) in [6.07, 6.45) is 1.71. The first-order valence-corrected chi connectivity index (χ1v) is 8.12. The third kappa shape index (κ3) is 2.52. The summed E-state index contributed by atoms with van der Waals surface area (Å²) < 4.78 is 15.1. The van der Waals surface area contributed by atoms with E-state index in [0.717, 1.165) is 36.6 Å². The molecule has 6 heteroatoms. The highest BCUT2D eigenvalue weighted by molar-refractivity contribution is 5.83. The zero-order chi connectivity index (χ0) is 16.0. The summed E-state index contributed by atoms with van der Waals surface area (Å²) in [5.41, 5.74) is 1.05. The van der Waals surface area contributed by atoms with Gasteiger partial charge in [0.05, 0.1) is 6.54 Å². The fourth-order valence-electron chi connectivity index (χ4n) is 3.45. The molecule has 0 N–H and O–H groups in total. The van der Waals surface area contributed by atoms with Crippen molar-refractivity contribution >= 4 is 5.91 Å². The summed E-state index contributed by atoms with van der Waals surface area (Å²) in [6, 6.07) is 6.50. The number of nitrogens with zero attached hydrogens (tertiary/aromatic N) is 4. The first-order valence-electron chi connectivity index (χ1n) is 8.12. The van der Waals surface area contributed by atoms with Crippen molar-refractivity contribution in [2.75, 3.05) is 6.54 Å². The molecule has 1 aliphatic carbocycles. The van der Waals surface area contributed by atoms with Crippen molar-refractivity contribution in [1.82, 2.24) is 19.7 Å². The van der Waals surface area contributed by atoms with Crippen LogP contribution in [0.3, 0.4) is 0 Å². The third-order valence-corrected chi connectivity index (χ3v) is 4.86. The van der Waals surface area contributed by atoms with Crippen LogP contribution >= 0.6 is 0 Å². The zero-order valence-corrected chi connectivity index (χ0v) is 13.1. The monoisotopic (exact) mass is 314 g/mol. The van der Waals surface area contributed by atoms with Gasteiger partial charge in [-0.3, -0.25) is 4.79 Å². The number of aromatic nitrogens is 3. The van der Waals surface area contributed by atoms with Gasteiger partial charge in [-0.15, -0.1) is 10.2 Å². The molecule has 4 rings (SSSR count). The molecule has 2 aliphatic rings.